The van der Waals surface area contributed by atoms with Crippen LogP contribution in [0.1, 0.15) is 21.5 Å². The van der Waals surface area contributed by atoms with Crippen molar-refractivity contribution in [2.24, 2.45) is 0 Å². The molecule has 0 unspecified atom stereocenters. The maximum Gasteiger partial charge on any atom is 0.231 e. The van der Waals surface area contributed by atoms with Crippen molar-refractivity contribution in [2.75, 3.05) is 33.2 Å². The Morgan fingerprint density at radius 1 is 1.11 bits per heavy atom. The highest BCUT2D eigenvalue weighted by molar-refractivity contribution is 6.15. The monoisotopic (exact) mass is 368 g/mol. The third-order valence-electron chi connectivity index (χ3n) is 5.06. The Hall–Kier alpha value is -2.70. The second kappa shape index (κ2) is 7.13. The average molecular weight is 368 g/mol. The number of carbonyl (C=O) groups is 1. The van der Waals surface area contributed by atoms with Gasteiger partial charge in [-0.05, 0) is 43.0 Å². The number of carbonyl (C=O) groups excluding carboxylic acids is 1. The number of rotatable bonds is 3. The van der Waals surface area contributed by atoms with Gasteiger partial charge in [-0.2, -0.15) is 0 Å². The minimum atomic E-state index is -0.335. The molecule has 4 rings (SSSR count). The number of hydrogen-bond donors (Lipinski definition) is 1. The lowest BCUT2D eigenvalue weighted by atomic mass is 10.0. The van der Waals surface area contributed by atoms with Crippen molar-refractivity contribution in [1.82, 2.24) is 9.80 Å². The first-order valence-corrected chi connectivity index (χ1v) is 8.97. The molecule has 0 aliphatic carbocycles. The summed E-state index contributed by atoms with van der Waals surface area (Å²) in [5.41, 5.74) is 1.76. The molecule has 0 radical (unpaired) electrons. The Balaban J connectivity index is 1.61. The lowest BCUT2D eigenvalue weighted by Crippen LogP contribution is -2.43. The van der Waals surface area contributed by atoms with E-state index in [1.54, 1.807) is 30.3 Å². The molecule has 0 atom stereocenters. The van der Waals surface area contributed by atoms with Crippen molar-refractivity contribution in [3.63, 3.8) is 0 Å². The second-order valence-electron chi connectivity index (χ2n) is 7.01. The van der Waals surface area contributed by atoms with Gasteiger partial charge in [0.05, 0.1) is 11.1 Å². The van der Waals surface area contributed by atoms with Crippen LogP contribution in [-0.2, 0) is 6.54 Å². The summed E-state index contributed by atoms with van der Waals surface area (Å²) >= 11 is 0. The second-order valence-corrected chi connectivity index (χ2v) is 7.01. The zero-order valence-corrected chi connectivity index (χ0v) is 15.1. The first-order valence-electron chi connectivity index (χ1n) is 8.97. The van der Waals surface area contributed by atoms with Crippen LogP contribution in [0.4, 0.5) is 4.39 Å². The summed E-state index contributed by atoms with van der Waals surface area (Å²) in [5, 5.41) is 10.4. The van der Waals surface area contributed by atoms with Gasteiger partial charge in [0.1, 0.15) is 17.3 Å². The molecule has 2 aromatic carbocycles. The van der Waals surface area contributed by atoms with Crippen LogP contribution in [0.2, 0.25) is 0 Å². The Bertz CT molecular complexity index is 900. The number of halogens is 1. The van der Waals surface area contributed by atoms with Gasteiger partial charge < -0.3 is 14.7 Å². The molecule has 2 aromatic rings. The van der Waals surface area contributed by atoms with E-state index in [0.29, 0.717) is 29.0 Å². The van der Waals surface area contributed by atoms with Gasteiger partial charge in [0.25, 0.3) is 0 Å². The van der Waals surface area contributed by atoms with E-state index in [0.717, 1.165) is 26.2 Å². The molecule has 1 N–H and O–H groups in total. The summed E-state index contributed by atoms with van der Waals surface area (Å²) in [6.07, 6.45) is 1.60. The zero-order valence-electron chi connectivity index (χ0n) is 15.1. The fraction of sp³-hybridized carbons (Fsp3) is 0.286. The number of Topliss-reactive ketones (excluding diaryl/α,β-unsaturated/α-hetero) is 1. The maximum atomic E-state index is 13.1. The summed E-state index contributed by atoms with van der Waals surface area (Å²) in [6, 6.07) is 8.99. The predicted octanol–water partition coefficient (Wildman–Crippen LogP) is 2.89. The van der Waals surface area contributed by atoms with Gasteiger partial charge in [-0.1, -0.05) is 12.1 Å². The Morgan fingerprint density at radius 3 is 2.52 bits per heavy atom. The smallest absolute Gasteiger partial charge is 0.231 e. The third-order valence-corrected chi connectivity index (χ3v) is 5.06. The number of hydrogen-bond acceptors (Lipinski definition) is 5. The highest BCUT2D eigenvalue weighted by atomic mass is 19.1. The first kappa shape index (κ1) is 17.7. The van der Waals surface area contributed by atoms with E-state index in [9.17, 15) is 14.3 Å². The Labute approximate surface area is 157 Å². The van der Waals surface area contributed by atoms with Crippen molar-refractivity contribution in [3.05, 3.63) is 64.7 Å². The van der Waals surface area contributed by atoms with Crippen LogP contribution in [0.5, 0.6) is 11.5 Å². The standard InChI is InChI=1S/C21H21FN2O3/c1-23-8-10-24(11-9-23)13-17-18(25)7-6-16-20(26)19(27-21(16)17)12-14-2-4-15(22)5-3-14/h2-7,12,25H,8-11,13H2,1H3. The number of piperazine rings is 1. The molecule has 2 aliphatic heterocycles. The van der Waals surface area contributed by atoms with Crippen LogP contribution in [0.25, 0.3) is 6.08 Å². The van der Waals surface area contributed by atoms with Crippen LogP contribution in [-0.4, -0.2) is 53.9 Å². The Kier molecular flexibility index (Phi) is 4.68. The molecule has 6 heteroatoms. The summed E-state index contributed by atoms with van der Waals surface area (Å²) in [4.78, 5) is 17.2. The molecular formula is C21H21FN2O3. The molecule has 5 nitrogen and oxygen atoms in total. The first-order chi connectivity index (χ1) is 13.0. The number of fused-ring (bicyclic) bond motifs is 1. The zero-order chi connectivity index (χ0) is 19.0. The van der Waals surface area contributed by atoms with E-state index in [-0.39, 0.29) is 23.1 Å². The van der Waals surface area contributed by atoms with Gasteiger partial charge in [-0.25, -0.2) is 4.39 Å². The molecule has 0 bridgehead atoms. The molecule has 0 saturated carbocycles. The molecule has 140 valence electrons. The van der Waals surface area contributed by atoms with E-state index in [2.05, 4.69) is 16.8 Å². The minimum absolute atomic E-state index is 0.128. The number of nitrogens with zero attached hydrogens (tertiary/aromatic N) is 2. The largest absolute Gasteiger partial charge is 0.507 e. The van der Waals surface area contributed by atoms with Crippen LogP contribution in [0.15, 0.2) is 42.2 Å². The summed E-state index contributed by atoms with van der Waals surface area (Å²) < 4.78 is 18.9. The van der Waals surface area contributed by atoms with Gasteiger partial charge in [-0.15, -0.1) is 0 Å². The number of benzene rings is 2. The van der Waals surface area contributed by atoms with Gasteiger partial charge in [-0.3, -0.25) is 9.69 Å². The van der Waals surface area contributed by atoms with Crippen molar-refractivity contribution in [3.8, 4) is 11.5 Å². The highest BCUT2D eigenvalue weighted by Crippen LogP contribution is 2.40. The quantitative estimate of drug-likeness (QED) is 0.845. The number of aromatic hydroxyl groups is 1. The van der Waals surface area contributed by atoms with Crippen LogP contribution in [0, 0.1) is 5.82 Å². The lowest BCUT2D eigenvalue weighted by Gasteiger charge is -2.32. The summed E-state index contributed by atoms with van der Waals surface area (Å²) in [6.45, 7) is 4.24. The average Bonchev–Trinajstić information content (AvgIpc) is 2.97. The van der Waals surface area contributed by atoms with Gasteiger partial charge in [0, 0.05) is 32.7 Å². The van der Waals surface area contributed by atoms with Gasteiger partial charge >= 0.3 is 0 Å². The normalized spacial score (nSPS) is 19.3. The van der Waals surface area contributed by atoms with Gasteiger partial charge in [0.2, 0.25) is 5.78 Å². The fourth-order valence-corrected chi connectivity index (χ4v) is 3.39. The van der Waals surface area contributed by atoms with E-state index in [1.165, 1.54) is 12.1 Å². The van der Waals surface area contributed by atoms with Crippen LogP contribution < -0.4 is 4.74 Å². The summed E-state index contributed by atoms with van der Waals surface area (Å²) in [5.74, 6) is 0.171. The SMILES string of the molecule is CN1CCN(Cc2c(O)ccc3c2OC(=Cc2ccc(F)cc2)C3=O)CC1. The molecule has 2 aliphatic rings. The number of likely N-dealkylation sites (N-methyl/N-ethyl adjacent to an activating group) is 1. The number of phenolic OH excluding ortho intramolecular Hbond substituents is 1. The van der Waals surface area contributed by atoms with E-state index >= 15 is 0 Å². The molecule has 0 aromatic heterocycles. The summed E-state index contributed by atoms with van der Waals surface area (Å²) in [7, 11) is 2.09. The van der Waals surface area contributed by atoms with E-state index in [1.807, 2.05) is 0 Å². The molecule has 27 heavy (non-hydrogen) atoms. The van der Waals surface area contributed by atoms with Crippen molar-refractivity contribution >= 4 is 11.9 Å². The molecular weight excluding hydrogens is 347 g/mol. The topological polar surface area (TPSA) is 53.0 Å². The van der Waals surface area contributed by atoms with E-state index < -0.39 is 0 Å². The van der Waals surface area contributed by atoms with Gasteiger partial charge in [0.15, 0.2) is 5.76 Å². The van der Waals surface area contributed by atoms with Crippen molar-refractivity contribution in [1.29, 1.82) is 0 Å². The minimum Gasteiger partial charge on any atom is -0.507 e. The predicted molar refractivity (Wildman–Crippen MR) is 100 cm³/mol. The van der Waals surface area contributed by atoms with E-state index in [4.69, 9.17) is 4.74 Å². The third kappa shape index (κ3) is 3.59. The Morgan fingerprint density at radius 2 is 1.81 bits per heavy atom. The van der Waals surface area contributed by atoms with Crippen molar-refractivity contribution in [2.45, 2.75) is 6.54 Å². The lowest BCUT2D eigenvalue weighted by molar-refractivity contribution is 0.101. The molecule has 1 saturated heterocycles. The molecule has 2 heterocycles. The number of ether oxygens (including phenoxy) is 1. The highest BCUT2D eigenvalue weighted by Gasteiger charge is 2.32. The maximum absolute atomic E-state index is 13.1. The molecule has 0 spiro atoms. The van der Waals surface area contributed by atoms with Crippen molar-refractivity contribution < 1.29 is 19.0 Å². The van der Waals surface area contributed by atoms with Crippen LogP contribution >= 0.6 is 0 Å². The number of allylic oxidation sites excluding steroid dienone is 1. The fourth-order valence-electron chi connectivity index (χ4n) is 3.39. The number of phenols is 1. The number of ketones is 1. The molecule has 1 fully saturated rings. The molecule has 0 amide bonds. The van der Waals surface area contributed by atoms with Crippen LogP contribution in [0.3, 0.4) is 0 Å².